The van der Waals surface area contributed by atoms with Gasteiger partial charge >= 0.3 is 0 Å². The Kier molecular flexibility index (Phi) is 6.11. The zero-order chi connectivity index (χ0) is 17.5. The maximum Gasteiger partial charge on any atom is 0.269 e. The molecule has 124 valence electrons. The molecule has 2 amide bonds. The largest absolute Gasteiger partial charge is 0.497 e. The first kappa shape index (κ1) is 17.7. The normalized spacial score (nSPS) is 9.75. The Morgan fingerprint density at radius 1 is 0.917 bits per heavy atom. The molecule has 0 saturated heterocycles. The number of hydrazine groups is 1. The molecule has 0 aliphatic rings. The molecular weight excluding hydrogens is 350 g/mol. The van der Waals surface area contributed by atoms with Gasteiger partial charge in [-0.3, -0.25) is 25.8 Å². The van der Waals surface area contributed by atoms with Gasteiger partial charge in [-0.2, -0.15) is 0 Å². The van der Waals surface area contributed by atoms with Crippen molar-refractivity contribution in [2.45, 2.75) is 0 Å². The van der Waals surface area contributed by atoms with Crippen LogP contribution < -0.4 is 20.9 Å². The average molecular weight is 364 g/mol. The van der Waals surface area contributed by atoms with Crippen LogP contribution in [0.3, 0.4) is 0 Å². The zero-order valence-electron chi connectivity index (χ0n) is 12.6. The molecule has 0 aromatic heterocycles. The lowest BCUT2D eigenvalue weighted by molar-refractivity contribution is 0.0934. The van der Waals surface area contributed by atoms with Gasteiger partial charge in [-0.25, -0.2) is 0 Å². The molecule has 3 N–H and O–H groups in total. The number of methoxy groups -OCH3 is 1. The number of rotatable bonds is 3. The molecule has 2 aromatic rings. The van der Waals surface area contributed by atoms with E-state index in [4.69, 9.17) is 28.6 Å². The van der Waals surface area contributed by atoms with Crippen LogP contribution in [-0.2, 0) is 0 Å². The second-order valence-electron chi connectivity index (χ2n) is 4.60. The molecule has 6 nitrogen and oxygen atoms in total. The van der Waals surface area contributed by atoms with E-state index in [0.717, 1.165) is 0 Å². The van der Waals surface area contributed by atoms with Crippen LogP contribution in [0.2, 0.25) is 5.02 Å². The highest BCUT2D eigenvalue weighted by Gasteiger charge is 2.09. The molecule has 0 radical (unpaired) electrons. The zero-order valence-corrected chi connectivity index (χ0v) is 14.2. The van der Waals surface area contributed by atoms with E-state index in [1.54, 1.807) is 48.5 Å². The first-order valence-corrected chi connectivity index (χ1v) is 7.59. The van der Waals surface area contributed by atoms with Crippen LogP contribution in [0.25, 0.3) is 0 Å². The summed E-state index contributed by atoms with van der Waals surface area (Å²) in [6.45, 7) is 0. The number of hydrogen-bond acceptors (Lipinski definition) is 4. The second kappa shape index (κ2) is 8.28. The van der Waals surface area contributed by atoms with Crippen molar-refractivity contribution in [2.24, 2.45) is 0 Å². The van der Waals surface area contributed by atoms with E-state index in [-0.39, 0.29) is 5.11 Å². The molecule has 0 spiro atoms. The van der Waals surface area contributed by atoms with Crippen LogP contribution in [0.4, 0.5) is 0 Å². The van der Waals surface area contributed by atoms with Crippen LogP contribution in [0.1, 0.15) is 20.7 Å². The minimum atomic E-state index is -0.410. The van der Waals surface area contributed by atoms with Crippen LogP contribution >= 0.6 is 23.8 Å². The van der Waals surface area contributed by atoms with E-state index in [0.29, 0.717) is 21.9 Å². The van der Waals surface area contributed by atoms with E-state index in [1.807, 2.05) is 0 Å². The van der Waals surface area contributed by atoms with Crippen LogP contribution in [-0.4, -0.2) is 24.0 Å². The van der Waals surface area contributed by atoms with Crippen molar-refractivity contribution in [2.75, 3.05) is 7.11 Å². The predicted octanol–water partition coefficient (Wildman–Crippen LogP) is 2.30. The molecule has 0 bridgehead atoms. The SMILES string of the molecule is COc1ccc(C(=O)NC(=S)NNC(=O)c2ccc(Cl)cc2)cc1. The first-order valence-electron chi connectivity index (χ1n) is 6.81. The van der Waals surface area contributed by atoms with Crippen molar-refractivity contribution in [3.05, 3.63) is 64.7 Å². The smallest absolute Gasteiger partial charge is 0.269 e. The Hall–Kier alpha value is -2.64. The molecule has 2 rings (SSSR count). The predicted molar refractivity (Wildman–Crippen MR) is 95.1 cm³/mol. The van der Waals surface area contributed by atoms with Gasteiger partial charge in [-0.05, 0) is 60.7 Å². The van der Waals surface area contributed by atoms with Gasteiger partial charge < -0.3 is 4.74 Å². The monoisotopic (exact) mass is 363 g/mol. The summed E-state index contributed by atoms with van der Waals surface area (Å²) in [4.78, 5) is 23.9. The van der Waals surface area contributed by atoms with Gasteiger partial charge in [0.2, 0.25) is 0 Å². The van der Waals surface area contributed by atoms with Gasteiger partial charge in [0.05, 0.1) is 7.11 Å². The van der Waals surface area contributed by atoms with E-state index in [1.165, 1.54) is 7.11 Å². The number of carbonyl (C=O) groups excluding carboxylic acids is 2. The molecule has 0 saturated carbocycles. The lowest BCUT2D eigenvalue weighted by Gasteiger charge is -2.11. The van der Waals surface area contributed by atoms with E-state index in [9.17, 15) is 9.59 Å². The van der Waals surface area contributed by atoms with Gasteiger partial charge in [0.15, 0.2) is 5.11 Å². The van der Waals surface area contributed by atoms with Gasteiger partial charge in [-0.15, -0.1) is 0 Å². The van der Waals surface area contributed by atoms with Crippen LogP contribution in [0, 0.1) is 0 Å². The van der Waals surface area contributed by atoms with Crippen LogP contribution in [0.15, 0.2) is 48.5 Å². The Labute approximate surface area is 149 Å². The molecule has 0 aliphatic heterocycles. The minimum Gasteiger partial charge on any atom is -0.497 e. The Balaban J connectivity index is 1.84. The highest BCUT2D eigenvalue weighted by Crippen LogP contribution is 2.11. The second-order valence-corrected chi connectivity index (χ2v) is 5.44. The summed E-state index contributed by atoms with van der Waals surface area (Å²) in [6, 6.07) is 12.9. The van der Waals surface area contributed by atoms with Gasteiger partial charge in [0, 0.05) is 16.1 Å². The maximum absolute atomic E-state index is 12.0. The Bertz CT molecular complexity index is 748. The minimum absolute atomic E-state index is 0.0295. The van der Waals surface area contributed by atoms with Crippen molar-refractivity contribution in [1.82, 2.24) is 16.2 Å². The topological polar surface area (TPSA) is 79.5 Å². The van der Waals surface area contributed by atoms with Crippen molar-refractivity contribution in [3.63, 3.8) is 0 Å². The molecular formula is C16H14ClN3O3S. The van der Waals surface area contributed by atoms with Gasteiger partial charge in [0.25, 0.3) is 11.8 Å². The highest BCUT2D eigenvalue weighted by molar-refractivity contribution is 7.80. The number of halogens is 1. The summed E-state index contributed by atoms with van der Waals surface area (Å²) in [5, 5.41) is 2.95. The van der Waals surface area contributed by atoms with E-state index in [2.05, 4.69) is 16.2 Å². The number of nitrogens with one attached hydrogen (secondary N) is 3. The lowest BCUT2D eigenvalue weighted by Crippen LogP contribution is -2.48. The summed E-state index contributed by atoms with van der Waals surface area (Å²) in [5.74, 6) is -0.175. The maximum atomic E-state index is 12.0. The summed E-state index contributed by atoms with van der Waals surface area (Å²) < 4.78 is 5.02. The van der Waals surface area contributed by atoms with Crippen molar-refractivity contribution in [3.8, 4) is 5.75 Å². The Morgan fingerprint density at radius 3 is 2.04 bits per heavy atom. The van der Waals surface area contributed by atoms with E-state index >= 15 is 0 Å². The van der Waals surface area contributed by atoms with Gasteiger partial charge in [0.1, 0.15) is 5.75 Å². The average Bonchev–Trinajstić information content (AvgIpc) is 2.60. The summed E-state index contributed by atoms with van der Waals surface area (Å²) in [6.07, 6.45) is 0. The number of thiocarbonyl (C=S) groups is 1. The van der Waals surface area contributed by atoms with Crippen molar-refractivity contribution < 1.29 is 14.3 Å². The molecule has 24 heavy (non-hydrogen) atoms. The van der Waals surface area contributed by atoms with E-state index < -0.39 is 11.8 Å². The number of hydrogen-bond donors (Lipinski definition) is 3. The Morgan fingerprint density at radius 2 is 1.46 bits per heavy atom. The number of carbonyl (C=O) groups is 2. The van der Waals surface area contributed by atoms with Crippen molar-refractivity contribution in [1.29, 1.82) is 0 Å². The third-order valence-electron chi connectivity index (χ3n) is 2.98. The summed E-state index contributed by atoms with van der Waals surface area (Å²) >= 11 is 10.7. The fraction of sp³-hybridized carbons (Fsp3) is 0.0625. The summed E-state index contributed by atoms with van der Waals surface area (Å²) in [5.41, 5.74) is 5.65. The third-order valence-corrected chi connectivity index (χ3v) is 3.43. The number of amides is 2. The molecule has 8 heteroatoms. The standard InChI is InChI=1S/C16H14ClN3O3S/c1-23-13-8-4-10(5-9-13)14(21)18-16(24)20-19-15(22)11-2-6-12(17)7-3-11/h2-9H,1H3,(H,19,22)(H2,18,20,21,24). The molecule has 0 atom stereocenters. The first-order chi connectivity index (χ1) is 11.5. The molecule has 2 aromatic carbocycles. The molecule has 0 heterocycles. The number of ether oxygens (including phenoxy) is 1. The molecule has 0 unspecified atom stereocenters. The number of benzene rings is 2. The fourth-order valence-electron chi connectivity index (χ4n) is 1.74. The van der Waals surface area contributed by atoms with Gasteiger partial charge in [-0.1, -0.05) is 11.6 Å². The fourth-order valence-corrected chi connectivity index (χ4v) is 2.01. The highest BCUT2D eigenvalue weighted by atomic mass is 35.5. The lowest BCUT2D eigenvalue weighted by atomic mass is 10.2. The van der Waals surface area contributed by atoms with Crippen molar-refractivity contribution >= 4 is 40.7 Å². The molecule has 0 aliphatic carbocycles. The third kappa shape index (κ3) is 4.94. The molecule has 0 fully saturated rings. The quantitative estimate of drug-likeness (QED) is 0.576. The summed E-state index contributed by atoms with van der Waals surface area (Å²) in [7, 11) is 1.54. The van der Waals surface area contributed by atoms with Crippen LogP contribution in [0.5, 0.6) is 5.75 Å².